The molecule has 11 rings (SSSR count). The van der Waals surface area contributed by atoms with Crippen molar-refractivity contribution in [3.8, 4) is 5.75 Å². The lowest BCUT2D eigenvalue weighted by atomic mass is 9.47. The van der Waals surface area contributed by atoms with Crippen LogP contribution in [0.4, 0.5) is 5.69 Å². The summed E-state index contributed by atoms with van der Waals surface area (Å²) in [4.78, 5) is 68.8. The minimum atomic E-state index is -2.33. The number of H-pyrrole nitrogens is 1. The predicted octanol–water partition coefficient (Wildman–Crippen LogP) is 6.58. The van der Waals surface area contributed by atoms with E-state index in [2.05, 4.69) is 51.3 Å². The van der Waals surface area contributed by atoms with E-state index in [-0.39, 0.29) is 17.9 Å². The van der Waals surface area contributed by atoms with E-state index in [0.717, 1.165) is 44.2 Å². The maximum atomic E-state index is 15.8. The van der Waals surface area contributed by atoms with Crippen LogP contribution in [0.1, 0.15) is 85.6 Å². The Balaban J connectivity index is 1.13. The molecule has 6 heterocycles. The van der Waals surface area contributed by atoms with Gasteiger partial charge in [-0.1, -0.05) is 80.6 Å². The van der Waals surface area contributed by atoms with Crippen LogP contribution in [0, 0.1) is 11.3 Å². The van der Waals surface area contributed by atoms with Crippen molar-refractivity contribution in [1.82, 2.24) is 20.1 Å². The Kier molecular flexibility index (Phi) is 11.3. The second-order valence-corrected chi connectivity index (χ2v) is 21.2. The van der Waals surface area contributed by atoms with Gasteiger partial charge in [-0.3, -0.25) is 19.3 Å². The van der Waals surface area contributed by atoms with Crippen molar-refractivity contribution in [2.75, 3.05) is 66.0 Å². The second kappa shape index (κ2) is 17.0. The number of fused-ring (bicyclic) bond motifs is 7. The van der Waals surface area contributed by atoms with Gasteiger partial charge in [0.15, 0.2) is 6.10 Å². The van der Waals surface area contributed by atoms with Crippen LogP contribution in [0.2, 0.25) is 0 Å². The molecule has 1 aromatic heterocycles. The summed E-state index contributed by atoms with van der Waals surface area (Å²) in [6, 6.07) is 24.7. The van der Waals surface area contributed by atoms with E-state index >= 15 is 4.79 Å². The number of nitrogens with one attached hydrogen (secondary N) is 2. The summed E-state index contributed by atoms with van der Waals surface area (Å²) in [5, 5.41) is 20.0. The molecule has 3 N–H and O–H groups in total. The first kappa shape index (κ1) is 47.1. The predicted molar refractivity (Wildman–Crippen MR) is 270 cm³/mol. The van der Waals surface area contributed by atoms with Gasteiger partial charge in [0.05, 0.1) is 32.9 Å². The van der Waals surface area contributed by atoms with Crippen LogP contribution in [0.15, 0.2) is 91.0 Å². The molecule has 10 atom stereocenters. The van der Waals surface area contributed by atoms with Gasteiger partial charge in [0, 0.05) is 96.5 Å². The smallest absolute Gasteiger partial charge is 0.344 e. The number of hydrogen-bond acceptors (Lipinski definition) is 12. The fraction of sp³-hybridized carbons (Fsp3) is 0.474. The van der Waals surface area contributed by atoms with Gasteiger partial charge in [-0.05, 0) is 91.1 Å². The average Bonchev–Trinajstić information content (AvgIpc) is 4.05. The lowest BCUT2D eigenvalue weighted by molar-refractivity contribution is -0.228. The zero-order valence-corrected chi connectivity index (χ0v) is 41.8. The molecule has 14 nitrogen and oxygen atoms in total. The first-order valence-electron chi connectivity index (χ1n) is 25.3. The van der Waals surface area contributed by atoms with E-state index in [1.807, 2.05) is 85.6 Å². The highest BCUT2D eigenvalue weighted by atomic mass is 16.6. The highest BCUT2D eigenvalue weighted by Gasteiger charge is 2.80. The third-order valence-corrected chi connectivity index (χ3v) is 18.0. The molecule has 1 unspecified atom stereocenters. The number of aromatic nitrogens is 1. The fourth-order valence-corrected chi connectivity index (χ4v) is 15.4. The van der Waals surface area contributed by atoms with Crippen molar-refractivity contribution in [2.24, 2.45) is 11.3 Å². The van der Waals surface area contributed by atoms with E-state index in [0.29, 0.717) is 88.1 Å². The number of benzene rings is 4. The van der Waals surface area contributed by atoms with Crippen molar-refractivity contribution in [3.63, 3.8) is 0 Å². The number of aromatic amines is 1. The van der Waals surface area contributed by atoms with E-state index in [1.165, 1.54) is 21.1 Å². The van der Waals surface area contributed by atoms with Crippen molar-refractivity contribution < 1.29 is 43.2 Å². The first-order chi connectivity index (χ1) is 34.2. The van der Waals surface area contributed by atoms with Crippen molar-refractivity contribution in [3.05, 3.63) is 119 Å². The summed E-state index contributed by atoms with van der Waals surface area (Å²) in [7, 11) is 6.18. The Morgan fingerprint density at radius 1 is 0.859 bits per heavy atom. The second-order valence-electron chi connectivity index (χ2n) is 21.2. The summed E-state index contributed by atoms with van der Waals surface area (Å²) in [5.41, 5.74) is -0.965. The molecule has 2 saturated heterocycles. The normalized spacial score (nSPS) is 32.6. The number of para-hydroxylation sites is 1. The topological polar surface area (TPSA) is 163 Å². The third kappa shape index (κ3) is 6.48. The number of amides is 1. The molecule has 1 amide bonds. The van der Waals surface area contributed by atoms with Crippen LogP contribution >= 0.6 is 0 Å². The summed E-state index contributed by atoms with van der Waals surface area (Å²) in [6.07, 6.45) is 5.99. The molecule has 1 saturated carbocycles. The summed E-state index contributed by atoms with van der Waals surface area (Å²) in [6.45, 7) is 8.74. The number of rotatable bonds is 9. The van der Waals surface area contributed by atoms with Crippen LogP contribution in [0.3, 0.4) is 0 Å². The van der Waals surface area contributed by atoms with Crippen molar-refractivity contribution >= 4 is 51.2 Å². The highest BCUT2D eigenvalue weighted by molar-refractivity contribution is 6.07. The van der Waals surface area contributed by atoms with Crippen LogP contribution in [-0.4, -0.2) is 134 Å². The molecular formula is C57H65N5O9. The summed E-state index contributed by atoms with van der Waals surface area (Å²) >= 11 is 0. The largest absolute Gasteiger partial charge is 0.496 e. The number of carbonyl (C=O) groups is 4. The third-order valence-electron chi connectivity index (χ3n) is 18.0. The number of piperidine rings is 1. The molecule has 5 aliphatic heterocycles. The minimum Gasteiger partial charge on any atom is -0.496 e. The number of esters is 3. The molecule has 0 radical (unpaired) electrons. The lowest BCUT2D eigenvalue weighted by Gasteiger charge is -2.63. The van der Waals surface area contributed by atoms with Gasteiger partial charge >= 0.3 is 17.9 Å². The Morgan fingerprint density at radius 3 is 2.34 bits per heavy atom. The van der Waals surface area contributed by atoms with Crippen molar-refractivity contribution in [1.29, 1.82) is 0 Å². The van der Waals surface area contributed by atoms with Gasteiger partial charge in [-0.25, -0.2) is 4.79 Å². The molecule has 3 fully saturated rings. The number of carbonyl (C=O) groups excluding carboxylic acids is 4. The zero-order valence-electron chi connectivity index (χ0n) is 41.8. The zero-order chi connectivity index (χ0) is 49.8. The molecule has 14 heteroatoms. The van der Waals surface area contributed by atoms with E-state index in [9.17, 15) is 19.5 Å². The minimum absolute atomic E-state index is 0.130. The lowest BCUT2D eigenvalue weighted by Crippen LogP contribution is -2.81. The van der Waals surface area contributed by atoms with Crippen LogP contribution in [0.5, 0.6) is 5.75 Å². The van der Waals surface area contributed by atoms with Crippen molar-refractivity contribution in [2.45, 2.75) is 99.5 Å². The summed E-state index contributed by atoms with van der Waals surface area (Å²) in [5.74, 6) is -1.78. The van der Waals surface area contributed by atoms with Gasteiger partial charge in [-0.15, -0.1) is 0 Å². The Morgan fingerprint density at radius 2 is 1.61 bits per heavy atom. The van der Waals surface area contributed by atoms with Gasteiger partial charge < -0.3 is 44.2 Å². The molecular weight excluding hydrogens is 899 g/mol. The first-order valence-corrected chi connectivity index (χ1v) is 25.3. The molecule has 5 aromatic rings. The number of likely N-dealkylation sites (N-methyl/N-ethyl adjacent to an activating group) is 1. The maximum absolute atomic E-state index is 15.8. The van der Waals surface area contributed by atoms with Gasteiger partial charge in [0.1, 0.15) is 11.2 Å². The number of methoxy groups -OCH3 is 3. The Labute approximate surface area is 414 Å². The maximum Gasteiger partial charge on any atom is 0.344 e. The molecule has 2 bridgehead atoms. The fourth-order valence-electron chi connectivity index (χ4n) is 15.4. The number of anilines is 1. The van der Waals surface area contributed by atoms with E-state index in [4.69, 9.17) is 18.9 Å². The standard InChI is InChI=1S/C57H65N5O9/c1-8-53(59-47(64)40-20-14-17-36-16-10-11-18-37(36)40)30-35-31-56(51(65)69-6,46-39(22-26-61(32-35)33-53)38-19-12-13-21-43(38)58-46)42-28-41-44(29-45(42)68-5)60(4)49-55(41)24-27-62-25-15-23-54(9-2,48(55)62)50(71-34(3)63)57(49,67)52(66)70-7/h10-21,23,28-29,35,48-50,58,67H,8-9,22,24-27,30-33H2,1-7H3,(H,59,64)/t35-,48+,49-,50-,53+,54-,55-,56+,57+/m1/s1. The number of hydrogen-bond donors (Lipinski definition) is 3. The highest BCUT2D eigenvalue weighted by Crippen LogP contribution is 2.68. The van der Waals surface area contributed by atoms with Crippen LogP contribution in [-0.2, 0) is 45.8 Å². The number of aliphatic hydroxyl groups is 1. The average molecular weight is 964 g/mol. The van der Waals surface area contributed by atoms with Crippen LogP contribution < -0.4 is 15.0 Å². The molecule has 372 valence electrons. The van der Waals surface area contributed by atoms with E-state index < -0.39 is 57.4 Å². The van der Waals surface area contributed by atoms with Crippen LogP contribution in [0.25, 0.3) is 21.7 Å². The molecule has 6 aliphatic rings. The molecule has 1 aliphatic carbocycles. The quantitative estimate of drug-likeness (QED) is 0.0828. The molecule has 4 aromatic carbocycles. The SMILES string of the molecule is CC[C@]1(NC(=O)c2cccc3ccccc23)C[C@H]2CN(CCc3c([nH]c4ccccc34)[C@@](C(=O)OC)(c3cc4c(cc3OC)N(C)[C@H]3[C@@](O)(C(=O)OC)[C@H](OC(C)=O)[C@]5(CC)C=CCN6CC[C@]43[C@@H]65)C2)C1. The summed E-state index contributed by atoms with van der Waals surface area (Å²) < 4.78 is 24.3. The van der Waals surface area contributed by atoms with E-state index in [1.54, 1.807) is 7.11 Å². The Hall–Kier alpha value is -6.22. The number of nitrogens with zero attached hydrogens (tertiary/aromatic N) is 3. The number of ether oxygens (including phenoxy) is 4. The molecule has 71 heavy (non-hydrogen) atoms. The van der Waals surface area contributed by atoms with Gasteiger partial charge in [0.25, 0.3) is 5.91 Å². The monoisotopic (exact) mass is 963 g/mol. The molecule has 1 spiro atoms. The van der Waals surface area contributed by atoms with Gasteiger partial charge in [-0.2, -0.15) is 0 Å². The van der Waals surface area contributed by atoms with Gasteiger partial charge in [0.2, 0.25) is 5.60 Å². The Bertz CT molecular complexity index is 3040.